The number of hydrogen-bond donors (Lipinski definition) is 2. The van der Waals surface area contributed by atoms with Crippen molar-refractivity contribution in [1.82, 2.24) is 5.32 Å². The van der Waals surface area contributed by atoms with E-state index in [1.165, 1.54) is 0 Å². The lowest BCUT2D eigenvalue weighted by Gasteiger charge is -2.16. The van der Waals surface area contributed by atoms with Crippen molar-refractivity contribution >= 4 is 11.9 Å². The lowest BCUT2D eigenvalue weighted by atomic mass is 9.97. The molecule has 1 atom stereocenters. The molecule has 0 heterocycles. The first kappa shape index (κ1) is 16.7. The maximum Gasteiger partial charge on any atom is 0.330 e. The highest BCUT2D eigenvalue weighted by Gasteiger charge is 2.22. The summed E-state index contributed by atoms with van der Waals surface area (Å²) in [6.07, 6.45) is 0.175. The monoisotopic (exact) mass is 311 g/mol. The molecule has 2 aromatic rings. The number of rotatable bonds is 5. The molecule has 2 rings (SSSR count). The third-order valence-corrected chi connectivity index (χ3v) is 3.86. The molecule has 120 valence electrons. The van der Waals surface area contributed by atoms with E-state index in [9.17, 15) is 14.7 Å². The van der Waals surface area contributed by atoms with Crippen LogP contribution in [0, 0.1) is 20.8 Å². The molecule has 0 aliphatic carbocycles. The largest absolute Gasteiger partial charge is 0.479 e. The van der Waals surface area contributed by atoms with Crippen molar-refractivity contribution in [3.8, 4) is 0 Å². The molecule has 4 heteroatoms. The van der Waals surface area contributed by atoms with E-state index in [1.807, 2.05) is 39.0 Å². The Morgan fingerprint density at radius 1 is 1.04 bits per heavy atom. The van der Waals surface area contributed by atoms with Crippen molar-refractivity contribution in [1.29, 1.82) is 0 Å². The van der Waals surface area contributed by atoms with E-state index in [0.717, 1.165) is 22.3 Å². The fourth-order valence-corrected chi connectivity index (χ4v) is 2.79. The number of aliphatic carboxylic acids is 1. The van der Waals surface area contributed by atoms with Crippen molar-refractivity contribution in [3.05, 3.63) is 70.3 Å². The Labute approximate surface area is 136 Å². The van der Waals surface area contributed by atoms with Gasteiger partial charge in [0.1, 0.15) is 0 Å². The minimum atomic E-state index is -1.07. The van der Waals surface area contributed by atoms with Crippen molar-refractivity contribution in [2.45, 2.75) is 33.2 Å². The molecule has 1 amide bonds. The topological polar surface area (TPSA) is 66.4 Å². The van der Waals surface area contributed by atoms with Gasteiger partial charge in [-0.25, -0.2) is 4.79 Å². The summed E-state index contributed by atoms with van der Waals surface area (Å²) in [6.45, 7) is 5.95. The summed E-state index contributed by atoms with van der Waals surface area (Å²) in [5.74, 6) is -1.36. The summed E-state index contributed by atoms with van der Waals surface area (Å²) >= 11 is 0. The summed E-state index contributed by atoms with van der Waals surface area (Å²) in [5.41, 5.74) is 4.75. The summed E-state index contributed by atoms with van der Waals surface area (Å²) in [7, 11) is 0. The van der Waals surface area contributed by atoms with Crippen LogP contribution in [0.5, 0.6) is 0 Å². The van der Waals surface area contributed by atoms with Crippen molar-refractivity contribution in [2.75, 3.05) is 0 Å². The number of carboxylic acid groups (broad SMARTS) is 1. The Morgan fingerprint density at radius 2 is 1.61 bits per heavy atom. The van der Waals surface area contributed by atoms with Crippen LogP contribution in [0.25, 0.3) is 0 Å². The van der Waals surface area contributed by atoms with E-state index >= 15 is 0 Å². The van der Waals surface area contributed by atoms with Gasteiger partial charge in [0.15, 0.2) is 6.04 Å². The van der Waals surface area contributed by atoms with Gasteiger partial charge < -0.3 is 10.4 Å². The number of hydrogen-bond acceptors (Lipinski definition) is 2. The smallest absolute Gasteiger partial charge is 0.330 e. The maximum absolute atomic E-state index is 12.3. The minimum absolute atomic E-state index is 0.175. The van der Waals surface area contributed by atoms with Crippen LogP contribution in [0.4, 0.5) is 0 Å². The number of carbonyl (C=O) groups excluding carboxylic acids is 1. The van der Waals surface area contributed by atoms with Crippen LogP contribution in [0.2, 0.25) is 0 Å². The number of aryl methyl sites for hydroxylation is 3. The molecule has 2 N–H and O–H groups in total. The third kappa shape index (κ3) is 4.19. The van der Waals surface area contributed by atoms with E-state index in [2.05, 4.69) is 5.32 Å². The second kappa shape index (κ2) is 7.09. The highest BCUT2D eigenvalue weighted by atomic mass is 16.4. The average Bonchev–Trinajstić information content (AvgIpc) is 2.49. The maximum atomic E-state index is 12.3. The molecule has 0 spiro atoms. The molecule has 23 heavy (non-hydrogen) atoms. The molecular formula is C19H21NO3. The zero-order valence-electron chi connectivity index (χ0n) is 13.6. The standard InChI is InChI=1S/C19H21NO3/c1-12-9-13(2)16(14(3)10-12)11-17(21)20-18(19(22)23)15-7-5-4-6-8-15/h4-10,18H,11H2,1-3H3,(H,20,21)(H,22,23). The molecule has 0 bridgehead atoms. The lowest BCUT2D eigenvalue weighted by Crippen LogP contribution is -2.35. The summed E-state index contributed by atoms with van der Waals surface area (Å²) in [4.78, 5) is 23.8. The van der Waals surface area contributed by atoms with E-state index in [4.69, 9.17) is 0 Å². The SMILES string of the molecule is Cc1cc(C)c(CC(=O)NC(C(=O)O)c2ccccc2)c(C)c1. The molecule has 0 aromatic heterocycles. The molecular weight excluding hydrogens is 290 g/mol. The van der Waals surface area contributed by atoms with E-state index in [0.29, 0.717) is 5.56 Å². The summed E-state index contributed by atoms with van der Waals surface area (Å²) in [6, 6.07) is 11.7. The normalized spacial score (nSPS) is 11.8. The summed E-state index contributed by atoms with van der Waals surface area (Å²) < 4.78 is 0. The van der Waals surface area contributed by atoms with Crippen LogP contribution in [0.1, 0.15) is 33.9 Å². The zero-order valence-corrected chi connectivity index (χ0v) is 13.6. The summed E-state index contributed by atoms with van der Waals surface area (Å²) in [5, 5.41) is 12.0. The molecule has 0 aliphatic rings. The predicted molar refractivity (Wildman–Crippen MR) is 89.3 cm³/mol. The van der Waals surface area contributed by atoms with Crippen LogP contribution >= 0.6 is 0 Å². The third-order valence-electron chi connectivity index (χ3n) is 3.86. The lowest BCUT2D eigenvalue weighted by molar-refractivity contribution is -0.141. The number of nitrogens with one attached hydrogen (secondary N) is 1. The molecule has 0 radical (unpaired) electrons. The Kier molecular flexibility index (Phi) is 5.16. The van der Waals surface area contributed by atoms with Gasteiger partial charge in [-0.2, -0.15) is 0 Å². The highest BCUT2D eigenvalue weighted by molar-refractivity contribution is 5.86. The van der Waals surface area contributed by atoms with Crippen LogP contribution in [0.15, 0.2) is 42.5 Å². The molecule has 2 aromatic carbocycles. The Morgan fingerprint density at radius 3 is 2.13 bits per heavy atom. The fourth-order valence-electron chi connectivity index (χ4n) is 2.79. The van der Waals surface area contributed by atoms with Gasteiger partial charge in [0, 0.05) is 0 Å². The zero-order chi connectivity index (χ0) is 17.0. The number of carboxylic acids is 1. The highest BCUT2D eigenvalue weighted by Crippen LogP contribution is 2.18. The average molecular weight is 311 g/mol. The van der Waals surface area contributed by atoms with Crippen molar-refractivity contribution < 1.29 is 14.7 Å². The van der Waals surface area contributed by atoms with Gasteiger partial charge in [0.25, 0.3) is 0 Å². The van der Waals surface area contributed by atoms with Crippen LogP contribution < -0.4 is 5.32 Å². The molecule has 0 saturated carbocycles. The van der Waals surface area contributed by atoms with Gasteiger partial charge in [0.05, 0.1) is 6.42 Å². The molecule has 0 fully saturated rings. The predicted octanol–water partition coefficient (Wildman–Crippen LogP) is 3.10. The van der Waals surface area contributed by atoms with Gasteiger partial charge in [-0.3, -0.25) is 4.79 Å². The van der Waals surface area contributed by atoms with Crippen molar-refractivity contribution in [3.63, 3.8) is 0 Å². The first-order valence-electron chi connectivity index (χ1n) is 7.52. The van der Waals surface area contributed by atoms with Gasteiger partial charge in [-0.1, -0.05) is 48.0 Å². The van der Waals surface area contributed by atoms with Crippen LogP contribution in [-0.2, 0) is 16.0 Å². The number of benzene rings is 2. The Hall–Kier alpha value is -2.62. The number of carbonyl (C=O) groups is 2. The van der Waals surface area contributed by atoms with E-state index in [-0.39, 0.29) is 12.3 Å². The van der Waals surface area contributed by atoms with E-state index in [1.54, 1.807) is 24.3 Å². The van der Waals surface area contributed by atoms with Gasteiger partial charge in [-0.05, 0) is 43.0 Å². The molecule has 4 nitrogen and oxygen atoms in total. The first-order valence-corrected chi connectivity index (χ1v) is 7.52. The van der Waals surface area contributed by atoms with Gasteiger partial charge >= 0.3 is 5.97 Å². The molecule has 1 unspecified atom stereocenters. The minimum Gasteiger partial charge on any atom is -0.479 e. The molecule has 0 saturated heterocycles. The van der Waals surface area contributed by atoms with Gasteiger partial charge in [0.2, 0.25) is 5.91 Å². The fraction of sp³-hybridized carbons (Fsp3) is 0.263. The van der Waals surface area contributed by atoms with Crippen LogP contribution in [-0.4, -0.2) is 17.0 Å². The second-order valence-corrected chi connectivity index (χ2v) is 5.80. The Bertz CT molecular complexity index is 700. The van der Waals surface area contributed by atoms with E-state index < -0.39 is 12.0 Å². The second-order valence-electron chi connectivity index (χ2n) is 5.80. The Balaban J connectivity index is 2.16. The van der Waals surface area contributed by atoms with Crippen LogP contribution in [0.3, 0.4) is 0 Å². The van der Waals surface area contributed by atoms with Gasteiger partial charge in [-0.15, -0.1) is 0 Å². The number of amides is 1. The quantitative estimate of drug-likeness (QED) is 0.891. The molecule has 0 aliphatic heterocycles. The van der Waals surface area contributed by atoms with Crippen molar-refractivity contribution in [2.24, 2.45) is 0 Å². The first-order chi connectivity index (χ1) is 10.9.